The molecule has 3 rings (SSSR count). The number of nitrogens with zero attached hydrogens (tertiary/aromatic N) is 4. The summed E-state index contributed by atoms with van der Waals surface area (Å²) in [6.45, 7) is 17.6. The largest absolute Gasteiger partial charge is 0.379 e. The van der Waals surface area contributed by atoms with Crippen LogP contribution in [0.3, 0.4) is 0 Å². The Kier molecular flexibility index (Phi) is 13.1. The van der Waals surface area contributed by atoms with E-state index in [4.69, 9.17) is 9.53 Å². The molecule has 0 radical (unpaired) electrons. The lowest BCUT2D eigenvalue weighted by Crippen LogP contribution is -2.15. The molecule has 0 fully saturated rings. The quantitative estimate of drug-likeness (QED) is 0.329. The van der Waals surface area contributed by atoms with E-state index < -0.39 is 0 Å². The van der Waals surface area contributed by atoms with E-state index in [9.17, 15) is 0 Å². The predicted octanol–water partition coefficient (Wildman–Crippen LogP) is 6.96. The Morgan fingerprint density at radius 2 is 1.92 bits per heavy atom. The zero-order valence-corrected chi connectivity index (χ0v) is 23.1. The van der Waals surface area contributed by atoms with Gasteiger partial charge in [-0.2, -0.15) is 0 Å². The Labute approximate surface area is 215 Å². The fourth-order valence-corrected chi connectivity index (χ4v) is 3.09. The van der Waals surface area contributed by atoms with Crippen LogP contribution in [0.5, 0.6) is 0 Å². The highest BCUT2D eigenvalue weighted by molar-refractivity contribution is 5.91. The first-order chi connectivity index (χ1) is 17.1. The molecule has 3 aromatic heterocycles. The number of aldehydes is 1. The van der Waals surface area contributed by atoms with Crippen LogP contribution >= 0.6 is 0 Å². The second kappa shape index (κ2) is 15.5. The molecule has 0 atom stereocenters. The summed E-state index contributed by atoms with van der Waals surface area (Å²) in [6.07, 6.45) is 15.1. The number of hydrogen-bond acceptors (Lipinski definition) is 6. The number of imidazole rings is 1. The fourth-order valence-electron chi connectivity index (χ4n) is 3.09. The molecule has 8 heteroatoms. The lowest BCUT2D eigenvalue weighted by Gasteiger charge is -2.14. The van der Waals surface area contributed by atoms with Crippen molar-refractivity contribution >= 4 is 41.0 Å². The number of rotatable bonds is 8. The van der Waals surface area contributed by atoms with E-state index in [0.29, 0.717) is 0 Å². The molecule has 0 bridgehead atoms. The number of anilines is 1. The van der Waals surface area contributed by atoms with Gasteiger partial charge in [0.05, 0.1) is 11.0 Å². The van der Waals surface area contributed by atoms with Gasteiger partial charge in [0.15, 0.2) is 0 Å². The van der Waals surface area contributed by atoms with Gasteiger partial charge in [-0.25, -0.2) is 15.0 Å². The number of carbonyl (C=O) groups excluding carboxylic acids is 1. The average Bonchev–Trinajstić information content (AvgIpc) is 3.46. The number of methoxy groups -OCH3 is 1. The Morgan fingerprint density at radius 3 is 2.47 bits per heavy atom. The minimum Gasteiger partial charge on any atom is -0.379 e. The van der Waals surface area contributed by atoms with Crippen LogP contribution in [-0.4, -0.2) is 43.5 Å². The fraction of sp³-hybridized carbons (Fsp3) is 0.429. The molecule has 0 aromatic carbocycles. The molecule has 0 saturated heterocycles. The summed E-state index contributed by atoms with van der Waals surface area (Å²) in [6, 6.07) is 2.13. The van der Waals surface area contributed by atoms with Crippen molar-refractivity contribution in [2.45, 2.75) is 73.3 Å². The van der Waals surface area contributed by atoms with Crippen LogP contribution in [0.4, 0.5) is 5.82 Å². The summed E-state index contributed by atoms with van der Waals surface area (Å²) < 4.78 is 6.85. The maximum Gasteiger partial charge on any atom is 0.143 e. The van der Waals surface area contributed by atoms with Crippen molar-refractivity contribution in [3.05, 3.63) is 54.7 Å². The van der Waals surface area contributed by atoms with Crippen LogP contribution in [0.15, 0.2) is 43.1 Å². The van der Waals surface area contributed by atoms with Gasteiger partial charge in [-0.05, 0) is 65.2 Å². The van der Waals surface area contributed by atoms with Gasteiger partial charge < -0.3 is 24.4 Å². The summed E-state index contributed by atoms with van der Waals surface area (Å²) in [5.41, 5.74) is 4.26. The Morgan fingerprint density at radius 1 is 1.25 bits per heavy atom. The summed E-state index contributed by atoms with van der Waals surface area (Å²) >= 11 is 0. The van der Waals surface area contributed by atoms with Gasteiger partial charge >= 0.3 is 0 Å². The van der Waals surface area contributed by atoms with Gasteiger partial charge in [-0.15, -0.1) is 0 Å². The number of aromatic amines is 1. The van der Waals surface area contributed by atoms with Crippen molar-refractivity contribution in [2.24, 2.45) is 0 Å². The third-order valence-corrected chi connectivity index (χ3v) is 4.88. The first kappa shape index (κ1) is 30.5. The summed E-state index contributed by atoms with van der Waals surface area (Å²) in [7, 11) is 1.71. The van der Waals surface area contributed by atoms with Crippen molar-refractivity contribution in [3.8, 4) is 0 Å². The second-order valence-electron chi connectivity index (χ2n) is 8.94. The summed E-state index contributed by atoms with van der Waals surface area (Å²) in [5.74, 6) is 1.57. The minimum atomic E-state index is 0.0417. The highest BCUT2D eigenvalue weighted by Gasteiger charge is 2.11. The van der Waals surface area contributed by atoms with Gasteiger partial charge in [-0.3, -0.25) is 0 Å². The molecule has 3 heterocycles. The first-order valence-electron chi connectivity index (χ1n) is 12.2. The average molecular weight is 495 g/mol. The molecule has 0 unspecified atom stereocenters. The zero-order valence-electron chi connectivity index (χ0n) is 23.1. The lowest BCUT2D eigenvalue weighted by molar-refractivity contribution is -0.106. The minimum absolute atomic E-state index is 0.0417. The number of H-pyrrole nitrogens is 1. The normalized spacial score (nSPS) is 11.8. The molecular weight excluding hydrogens is 452 g/mol. The van der Waals surface area contributed by atoms with E-state index >= 15 is 0 Å². The molecular formula is C28H42N6O2. The molecule has 3 aromatic rings. The van der Waals surface area contributed by atoms with Crippen LogP contribution in [0, 0.1) is 0 Å². The highest BCUT2D eigenvalue weighted by atomic mass is 16.5. The maximum absolute atomic E-state index is 8.81. The summed E-state index contributed by atoms with van der Waals surface area (Å²) in [5, 5.41) is 4.36. The predicted molar refractivity (Wildman–Crippen MR) is 151 cm³/mol. The molecule has 36 heavy (non-hydrogen) atoms. The van der Waals surface area contributed by atoms with E-state index in [1.54, 1.807) is 25.7 Å². The number of ether oxygens (including phenoxy) is 1. The van der Waals surface area contributed by atoms with Crippen molar-refractivity contribution in [3.63, 3.8) is 0 Å². The van der Waals surface area contributed by atoms with Gasteiger partial charge in [0.1, 0.15) is 29.9 Å². The van der Waals surface area contributed by atoms with Crippen LogP contribution in [0.1, 0.15) is 79.2 Å². The van der Waals surface area contributed by atoms with Crippen molar-refractivity contribution in [2.75, 3.05) is 12.4 Å². The molecule has 0 amide bonds. The molecule has 0 spiro atoms. The highest BCUT2D eigenvalue weighted by Crippen LogP contribution is 2.27. The molecule has 0 aliphatic carbocycles. The van der Waals surface area contributed by atoms with Gasteiger partial charge in [0, 0.05) is 37.1 Å². The van der Waals surface area contributed by atoms with Gasteiger partial charge in [0.2, 0.25) is 0 Å². The van der Waals surface area contributed by atoms with E-state index in [1.807, 2.05) is 44.7 Å². The van der Waals surface area contributed by atoms with Crippen molar-refractivity contribution in [1.29, 1.82) is 0 Å². The number of hydrogen-bond donors (Lipinski definition) is 2. The van der Waals surface area contributed by atoms with Crippen LogP contribution in [0.25, 0.3) is 28.9 Å². The standard InChI is InChI=1S/C21H26N6.C5H12O.C2H4O/c1-5-8-16(9-6-2)18-12-17-20(23-14-24-21(17)26-18)25-15(4)13-27-11-10-22-19(27)7-3;1-5(2,3)6-4;1-2-3/h7-8,10-14H,3,5-6,9H2,1-2,4H3,(H2,23,24,25,26);1-4H3;2H,1H3/b15-13+,16-8+;;. The number of fused-ring (bicyclic) bond motifs is 1. The van der Waals surface area contributed by atoms with Gasteiger partial charge in [-0.1, -0.05) is 32.9 Å². The number of allylic oxidation sites excluding steroid dienone is 3. The number of nitrogens with one attached hydrogen (secondary N) is 2. The number of aromatic nitrogens is 5. The zero-order chi connectivity index (χ0) is 27.1. The smallest absolute Gasteiger partial charge is 0.143 e. The first-order valence-corrected chi connectivity index (χ1v) is 12.2. The van der Waals surface area contributed by atoms with Crippen molar-refractivity contribution in [1.82, 2.24) is 24.5 Å². The van der Waals surface area contributed by atoms with E-state index in [2.05, 4.69) is 57.8 Å². The van der Waals surface area contributed by atoms with Crippen LogP contribution < -0.4 is 5.32 Å². The molecule has 8 nitrogen and oxygen atoms in total. The molecule has 2 N–H and O–H groups in total. The van der Waals surface area contributed by atoms with Crippen LogP contribution in [0.2, 0.25) is 0 Å². The SMILES string of the molecule is C=Cc1nccn1/C=C(\C)Nc1ncnc2[nH]c(/C(=C/CC)CCC)cc12.CC=O.COC(C)(C)C. The van der Waals surface area contributed by atoms with Crippen LogP contribution in [-0.2, 0) is 9.53 Å². The van der Waals surface area contributed by atoms with Crippen molar-refractivity contribution < 1.29 is 9.53 Å². The lowest BCUT2D eigenvalue weighted by atomic mass is 10.1. The molecule has 0 saturated carbocycles. The Hall–Kier alpha value is -3.52. The maximum atomic E-state index is 8.81. The molecule has 0 aliphatic heterocycles. The third kappa shape index (κ3) is 10.00. The molecule has 196 valence electrons. The number of carbonyl (C=O) groups is 1. The third-order valence-electron chi connectivity index (χ3n) is 4.88. The summed E-state index contributed by atoms with van der Waals surface area (Å²) in [4.78, 5) is 25.3. The second-order valence-corrected chi connectivity index (χ2v) is 8.94. The van der Waals surface area contributed by atoms with E-state index in [0.717, 1.165) is 59.6 Å². The Balaban J connectivity index is 0.000000621. The van der Waals surface area contributed by atoms with E-state index in [-0.39, 0.29) is 5.60 Å². The topological polar surface area (TPSA) is 97.7 Å². The monoisotopic (exact) mass is 494 g/mol. The molecule has 0 aliphatic rings. The van der Waals surface area contributed by atoms with Gasteiger partial charge in [0.25, 0.3) is 0 Å². The van der Waals surface area contributed by atoms with E-state index in [1.165, 1.54) is 12.5 Å². The Bertz CT molecular complexity index is 1150.